The number of fused-ring (bicyclic) bond motifs is 2. The third-order valence-corrected chi connectivity index (χ3v) is 5.93. The largest absolute Gasteiger partial charge is 0.374 e. The van der Waals surface area contributed by atoms with E-state index in [4.69, 9.17) is 4.74 Å². The van der Waals surface area contributed by atoms with E-state index in [9.17, 15) is 9.59 Å². The number of thioether (sulfide) groups is 1. The smallest absolute Gasteiger partial charge is 0.254 e. The van der Waals surface area contributed by atoms with Crippen molar-refractivity contribution in [2.24, 2.45) is 0 Å². The summed E-state index contributed by atoms with van der Waals surface area (Å²) < 4.78 is 5.85. The minimum absolute atomic E-state index is 0.00850. The normalized spacial score (nSPS) is 27.0. The van der Waals surface area contributed by atoms with Gasteiger partial charge in [-0.1, -0.05) is 12.8 Å². The van der Waals surface area contributed by atoms with Gasteiger partial charge in [0.1, 0.15) is 0 Å². The van der Waals surface area contributed by atoms with Crippen LogP contribution in [0, 0.1) is 0 Å². The average Bonchev–Trinajstić information content (AvgIpc) is 2.60. The van der Waals surface area contributed by atoms with Gasteiger partial charge in [0.15, 0.2) is 0 Å². The van der Waals surface area contributed by atoms with Gasteiger partial charge in [-0.25, -0.2) is 0 Å². The Kier molecular flexibility index (Phi) is 4.03. The quantitative estimate of drug-likeness (QED) is 0.858. The summed E-state index contributed by atoms with van der Waals surface area (Å²) in [5, 5.41) is 2.86. The Hall–Kier alpha value is -1.53. The van der Waals surface area contributed by atoms with Crippen LogP contribution >= 0.6 is 11.8 Å². The van der Waals surface area contributed by atoms with E-state index in [1.54, 1.807) is 0 Å². The Bertz CT molecular complexity index is 647. The molecule has 1 N–H and O–H groups in total. The van der Waals surface area contributed by atoms with Crippen LogP contribution in [-0.2, 0) is 9.53 Å². The first-order valence-electron chi connectivity index (χ1n) is 8.21. The van der Waals surface area contributed by atoms with Crippen LogP contribution in [0.3, 0.4) is 0 Å². The van der Waals surface area contributed by atoms with E-state index in [0.717, 1.165) is 29.8 Å². The van der Waals surface area contributed by atoms with Gasteiger partial charge in [0.05, 0.1) is 30.2 Å². The van der Waals surface area contributed by atoms with E-state index in [0.29, 0.717) is 24.5 Å². The molecule has 2 amide bonds. The lowest BCUT2D eigenvalue weighted by Crippen LogP contribution is -2.54. The number of nitrogens with one attached hydrogen (secondary N) is 1. The van der Waals surface area contributed by atoms with Crippen LogP contribution in [0.5, 0.6) is 0 Å². The Morgan fingerprint density at radius 2 is 2.17 bits per heavy atom. The number of nitrogens with zero attached hydrogens (tertiary/aromatic N) is 1. The van der Waals surface area contributed by atoms with Crippen LogP contribution in [0.1, 0.15) is 36.0 Å². The maximum Gasteiger partial charge on any atom is 0.254 e. The molecule has 1 saturated heterocycles. The molecular formula is C17H20N2O3S. The first-order valence-corrected chi connectivity index (χ1v) is 9.20. The highest BCUT2D eigenvalue weighted by molar-refractivity contribution is 8.00. The van der Waals surface area contributed by atoms with Crippen LogP contribution in [-0.4, -0.2) is 47.8 Å². The summed E-state index contributed by atoms with van der Waals surface area (Å²) in [6, 6.07) is 5.82. The number of carbonyl (C=O) groups is 2. The fraction of sp³-hybridized carbons (Fsp3) is 0.529. The highest BCUT2D eigenvalue weighted by atomic mass is 32.2. The molecule has 122 valence electrons. The van der Waals surface area contributed by atoms with Crippen molar-refractivity contribution in [3.63, 3.8) is 0 Å². The van der Waals surface area contributed by atoms with Crippen molar-refractivity contribution in [2.45, 2.75) is 42.7 Å². The summed E-state index contributed by atoms with van der Waals surface area (Å²) in [4.78, 5) is 27.5. The molecule has 2 aliphatic heterocycles. The number of amides is 2. The summed E-state index contributed by atoms with van der Waals surface area (Å²) >= 11 is 1.51. The number of rotatable bonds is 1. The maximum absolute atomic E-state index is 13.0. The van der Waals surface area contributed by atoms with Gasteiger partial charge in [0.2, 0.25) is 5.91 Å². The van der Waals surface area contributed by atoms with Crippen LogP contribution in [0.15, 0.2) is 23.1 Å². The van der Waals surface area contributed by atoms with Crippen molar-refractivity contribution >= 4 is 29.3 Å². The van der Waals surface area contributed by atoms with E-state index in [1.165, 1.54) is 18.2 Å². The number of morpholine rings is 1. The molecule has 5 nitrogen and oxygen atoms in total. The number of benzene rings is 1. The van der Waals surface area contributed by atoms with Crippen LogP contribution in [0.4, 0.5) is 5.69 Å². The second-order valence-electron chi connectivity index (χ2n) is 6.31. The molecule has 6 heteroatoms. The predicted octanol–water partition coefficient (Wildman–Crippen LogP) is 2.51. The summed E-state index contributed by atoms with van der Waals surface area (Å²) in [5.74, 6) is 0.483. The first-order chi connectivity index (χ1) is 11.2. The molecule has 0 unspecified atom stereocenters. The highest BCUT2D eigenvalue weighted by Crippen LogP contribution is 2.34. The Morgan fingerprint density at radius 3 is 3.09 bits per heavy atom. The molecule has 4 rings (SSSR count). The van der Waals surface area contributed by atoms with E-state index in [-0.39, 0.29) is 24.0 Å². The lowest BCUT2D eigenvalue weighted by molar-refractivity contribution is -0.113. The highest BCUT2D eigenvalue weighted by Gasteiger charge is 2.37. The summed E-state index contributed by atoms with van der Waals surface area (Å²) in [6.07, 6.45) is 4.60. The minimum atomic E-state index is -0.00850. The second-order valence-corrected chi connectivity index (χ2v) is 7.32. The molecule has 2 fully saturated rings. The molecule has 0 aromatic heterocycles. The molecule has 3 aliphatic rings. The van der Waals surface area contributed by atoms with Crippen LogP contribution < -0.4 is 5.32 Å². The zero-order valence-electron chi connectivity index (χ0n) is 12.9. The average molecular weight is 332 g/mol. The molecule has 23 heavy (non-hydrogen) atoms. The number of ether oxygens (including phenoxy) is 1. The summed E-state index contributed by atoms with van der Waals surface area (Å²) in [6.45, 7) is 1.27. The van der Waals surface area contributed by atoms with Gasteiger partial charge in [-0.3, -0.25) is 9.59 Å². The lowest BCUT2D eigenvalue weighted by atomic mass is 9.89. The lowest BCUT2D eigenvalue weighted by Gasteiger charge is -2.43. The van der Waals surface area contributed by atoms with Gasteiger partial charge < -0.3 is 15.0 Å². The van der Waals surface area contributed by atoms with Crippen LogP contribution in [0.2, 0.25) is 0 Å². The molecule has 0 spiro atoms. The monoisotopic (exact) mass is 332 g/mol. The summed E-state index contributed by atoms with van der Waals surface area (Å²) in [5.41, 5.74) is 1.41. The first kappa shape index (κ1) is 15.0. The van der Waals surface area contributed by atoms with Gasteiger partial charge in [-0.15, -0.1) is 11.8 Å². The van der Waals surface area contributed by atoms with Crippen molar-refractivity contribution in [3.8, 4) is 0 Å². The van der Waals surface area contributed by atoms with Gasteiger partial charge in [0.25, 0.3) is 5.91 Å². The standard InChI is InChI=1S/C17H20N2O3S/c20-16-10-23-15-6-5-11(9-12(15)18-16)17(21)19-7-8-22-14-4-2-1-3-13(14)19/h5-6,9,13-14H,1-4,7-8,10H2,(H,18,20)/t13-,14+/m1/s1. The van der Waals surface area contributed by atoms with Crippen molar-refractivity contribution in [2.75, 3.05) is 24.2 Å². The molecule has 1 aromatic carbocycles. The zero-order valence-corrected chi connectivity index (χ0v) is 13.7. The molecule has 1 aliphatic carbocycles. The zero-order chi connectivity index (χ0) is 15.8. The van der Waals surface area contributed by atoms with Gasteiger partial charge in [-0.05, 0) is 31.0 Å². The van der Waals surface area contributed by atoms with Crippen molar-refractivity contribution in [3.05, 3.63) is 23.8 Å². The van der Waals surface area contributed by atoms with E-state index in [1.807, 2.05) is 23.1 Å². The fourth-order valence-corrected chi connectivity index (χ4v) is 4.52. The number of carbonyl (C=O) groups excluding carboxylic acids is 2. The molecule has 1 saturated carbocycles. The van der Waals surface area contributed by atoms with Crippen LogP contribution in [0.25, 0.3) is 0 Å². The molecule has 2 atom stereocenters. The third-order valence-electron chi connectivity index (χ3n) is 4.85. The molecule has 1 aromatic rings. The topological polar surface area (TPSA) is 58.6 Å². The number of anilines is 1. The maximum atomic E-state index is 13.0. The molecule has 0 bridgehead atoms. The van der Waals surface area contributed by atoms with E-state index >= 15 is 0 Å². The van der Waals surface area contributed by atoms with E-state index in [2.05, 4.69) is 5.32 Å². The number of hydrogen-bond donors (Lipinski definition) is 1. The fourth-order valence-electron chi connectivity index (χ4n) is 3.73. The molecule has 2 heterocycles. The van der Waals surface area contributed by atoms with Crippen molar-refractivity contribution in [1.29, 1.82) is 0 Å². The minimum Gasteiger partial charge on any atom is -0.374 e. The van der Waals surface area contributed by atoms with E-state index < -0.39 is 0 Å². The summed E-state index contributed by atoms with van der Waals surface area (Å²) in [7, 11) is 0. The van der Waals surface area contributed by atoms with Crippen molar-refractivity contribution < 1.29 is 14.3 Å². The third kappa shape index (κ3) is 2.85. The Morgan fingerprint density at radius 1 is 1.30 bits per heavy atom. The van der Waals surface area contributed by atoms with Gasteiger partial charge in [-0.2, -0.15) is 0 Å². The molecular weight excluding hydrogens is 312 g/mol. The van der Waals surface area contributed by atoms with Crippen molar-refractivity contribution in [1.82, 2.24) is 4.90 Å². The van der Waals surface area contributed by atoms with Gasteiger partial charge in [0, 0.05) is 17.0 Å². The van der Waals surface area contributed by atoms with Gasteiger partial charge >= 0.3 is 0 Å². The molecule has 0 radical (unpaired) electrons. The number of hydrogen-bond acceptors (Lipinski definition) is 4. The SMILES string of the molecule is O=C1CSc2ccc(C(=O)N3CCO[C@H]4CCCC[C@H]43)cc2N1. The predicted molar refractivity (Wildman–Crippen MR) is 88.8 cm³/mol. The Balaban J connectivity index is 1.58. The Labute approximate surface area is 139 Å². The second kappa shape index (κ2) is 6.17.